The molecule has 2 aliphatic rings. The molecule has 1 saturated heterocycles. The number of nitrogens with zero attached hydrogens (tertiary/aromatic N) is 4. The molecule has 3 aromatic rings. The van der Waals surface area contributed by atoms with E-state index in [4.69, 9.17) is 11.5 Å². The Hall–Kier alpha value is -3.83. The first-order chi connectivity index (χ1) is 16.4. The SMILES string of the molecule is Cn1c(N2CCC3(CC2)Cc2ccccc2[C@H]3N)nc(N)c(C#CCc2ccnc(O)c2)c1=O. The quantitative estimate of drug-likeness (QED) is 0.503. The minimum absolute atomic E-state index is 0.0349. The van der Waals surface area contributed by atoms with Crippen LogP contribution in [0.15, 0.2) is 47.4 Å². The first-order valence-corrected chi connectivity index (χ1v) is 11.5. The summed E-state index contributed by atoms with van der Waals surface area (Å²) < 4.78 is 1.53. The van der Waals surface area contributed by atoms with E-state index in [0.29, 0.717) is 12.4 Å². The van der Waals surface area contributed by atoms with Crippen molar-refractivity contribution < 1.29 is 5.11 Å². The molecule has 1 aliphatic carbocycles. The van der Waals surface area contributed by atoms with Crippen LogP contribution < -0.4 is 21.9 Å². The molecule has 8 heteroatoms. The van der Waals surface area contributed by atoms with Crippen molar-refractivity contribution in [1.82, 2.24) is 14.5 Å². The number of nitrogen functional groups attached to an aromatic ring is 1. The fourth-order valence-electron chi connectivity index (χ4n) is 5.27. The van der Waals surface area contributed by atoms with Gasteiger partial charge < -0.3 is 21.5 Å². The van der Waals surface area contributed by atoms with Gasteiger partial charge in [-0.25, -0.2) is 4.98 Å². The highest BCUT2D eigenvalue weighted by Crippen LogP contribution is 2.50. The number of pyridine rings is 1. The summed E-state index contributed by atoms with van der Waals surface area (Å²) in [5, 5.41) is 9.48. The Balaban J connectivity index is 1.33. The topological polar surface area (TPSA) is 123 Å². The van der Waals surface area contributed by atoms with E-state index in [1.165, 1.54) is 28.0 Å². The van der Waals surface area contributed by atoms with Crippen molar-refractivity contribution in [2.75, 3.05) is 23.7 Å². The maximum absolute atomic E-state index is 13.0. The van der Waals surface area contributed by atoms with Gasteiger partial charge in [-0.2, -0.15) is 4.98 Å². The van der Waals surface area contributed by atoms with Crippen LogP contribution in [-0.4, -0.2) is 32.7 Å². The second kappa shape index (κ2) is 8.50. The van der Waals surface area contributed by atoms with E-state index in [0.717, 1.165) is 37.9 Å². The van der Waals surface area contributed by atoms with Gasteiger partial charge in [0.05, 0.1) is 0 Å². The lowest BCUT2D eigenvalue weighted by atomic mass is 9.73. The molecule has 1 aliphatic heterocycles. The predicted octanol–water partition coefficient (Wildman–Crippen LogP) is 1.90. The fraction of sp³-hybridized carbons (Fsp3) is 0.346. The molecule has 0 amide bonds. The fourth-order valence-corrected chi connectivity index (χ4v) is 5.27. The summed E-state index contributed by atoms with van der Waals surface area (Å²) in [7, 11) is 1.71. The van der Waals surface area contributed by atoms with Crippen LogP contribution in [-0.2, 0) is 19.9 Å². The zero-order valence-corrected chi connectivity index (χ0v) is 19.2. The van der Waals surface area contributed by atoms with E-state index in [1.54, 1.807) is 13.1 Å². The normalized spacial score (nSPS) is 18.4. The van der Waals surface area contributed by atoms with Crippen LogP contribution in [0.2, 0.25) is 0 Å². The molecule has 174 valence electrons. The van der Waals surface area contributed by atoms with Gasteiger partial charge >= 0.3 is 0 Å². The summed E-state index contributed by atoms with van der Waals surface area (Å²) in [4.78, 5) is 23.5. The molecule has 2 aromatic heterocycles. The van der Waals surface area contributed by atoms with Crippen molar-refractivity contribution in [3.8, 4) is 17.7 Å². The zero-order valence-electron chi connectivity index (χ0n) is 19.2. The smallest absolute Gasteiger partial charge is 0.272 e. The second-order valence-electron chi connectivity index (χ2n) is 9.24. The number of rotatable bonds is 2. The van der Waals surface area contributed by atoms with Crippen molar-refractivity contribution in [2.45, 2.75) is 31.7 Å². The molecular weight excluding hydrogens is 428 g/mol. The summed E-state index contributed by atoms with van der Waals surface area (Å²) in [6, 6.07) is 11.8. The highest BCUT2D eigenvalue weighted by Gasteiger charge is 2.46. The van der Waals surface area contributed by atoms with E-state index >= 15 is 0 Å². The molecule has 1 aromatic carbocycles. The highest BCUT2D eigenvalue weighted by molar-refractivity contribution is 5.54. The van der Waals surface area contributed by atoms with Crippen molar-refractivity contribution in [3.05, 3.63) is 75.2 Å². The molecule has 0 radical (unpaired) electrons. The van der Waals surface area contributed by atoms with Gasteiger partial charge in [-0.15, -0.1) is 0 Å². The molecule has 1 atom stereocenters. The van der Waals surface area contributed by atoms with E-state index in [9.17, 15) is 9.90 Å². The number of anilines is 2. The minimum Gasteiger partial charge on any atom is -0.493 e. The van der Waals surface area contributed by atoms with E-state index < -0.39 is 0 Å². The summed E-state index contributed by atoms with van der Waals surface area (Å²) in [6.45, 7) is 1.52. The van der Waals surface area contributed by atoms with Crippen LogP contribution >= 0.6 is 0 Å². The number of aromatic hydroxyl groups is 1. The number of piperidine rings is 1. The summed E-state index contributed by atoms with van der Waals surface area (Å²) in [5.41, 5.74) is 16.2. The Kier molecular flexibility index (Phi) is 5.50. The second-order valence-corrected chi connectivity index (χ2v) is 9.24. The lowest BCUT2D eigenvalue weighted by Crippen LogP contribution is -2.46. The first-order valence-electron chi connectivity index (χ1n) is 11.5. The predicted molar refractivity (Wildman–Crippen MR) is 131 cm³/mol. The minimum atomic E-state index is -0.266. The van der Waals surface area contributed by atoms with Gasteiger partial charge in [0.2, 0.25) is 11.8 Å². The standard InChI is InChI=1S/C26H28N6O2/c1-31-24(34)20(8-4-5-17-9-12-29-21(33)15-17)23(28)30-25(31)32-13-10-26(11-14-32)16-18-6-2-3-7-19(18)22(26)27/h2-3,6-7,9,12,15,22H,5,10-11,13-14,16,27-28H2,1H3,(H,29,33)/t22-/m1/s1. The Bertz CT molecular complexity index is 1360. The monoisotopic (exact) mass is 456 g/mol. The summed E-state index contributed by atoms with van der Waals surface area (Å²) >= 11 is 0. The number of hydrogen-bond acceptors (Lipinski definition) is 7. The third kappa shape index (κ3) is 3.78. The van der Waals surface area contributed by atoms with Crippen LogP contribution in [0.3, 0.4) is 0 Å². The van der Waals surface area contributed by atoms with Crippen molar-refractivity contribution >= 4 is 11.8 Å². The van der Waals surface area contributed by atoms with Crippen LogP contribution in [0.25, 0.3) is 0 Å². The van der Waals surface area contributed by atoms with E-state index in [2.05, 4.69) is 51.0 Å². The lowest BCUT2D eigenvalue weighted by Gasteiger charge is -2.42. The number of benzene rings is 1. The summed E-state index contributed by atoms with van der Waals surface area (Å²) in [6.07, 6.45) is 4.72. The van der Waals surface area contributed by atoms with Crippen molar-refractivity contribution in [2.24, 2.45) is 18.2 Å². The largest absolute Gasteiger partial charge is 0.493 e. The molecule has 1 fully saturated rings. The molecule has 0 unspecified atom stereocenters. The number of aromatic nitrogens is 3. The van der Waals surface area contributed by atoms with Crippen LogP contribution in [0, 0.1) is 17.3 Å². The van der Waals surface area contributed by atoms with Gasteiger partial charge in [0.15, 0.2) is 0 Å². The van der Waals surface area contributed by atoms with E-state index in [1.807, 2.05) is 0 Å². The molecule has 3 heterocycles. The average molecular weight is 457 g/mol. The molecule has 8 nitrogen and oxygen atoms in total. The van der Waals surface area contributed by atoms with Gasteiger partial charge in [0.25, 0.3) is 5.56 Å². The Morgan fingerprint density at radius 1 is 1.24 bits per heavy atom. The molecule has 0 bridgehead atoms. The molecule has 34 heavy (non-hydrogen) atoms. The third-order valence-electron chi connectivity index (χ3n) is 7.25. The Morgan fingerprint density at radius 3 is 2.74 bits per heavy atom. The third-order valence-corrected chi connectivity index (χ3v) is 7.25. The number of nitrogens with two attached hydrogens (primary N) is 2. The van der Waals surface area contributed by atoms with Crippen LogP contribution in [0.1, 0.15) is 41.1 Å². The zero-order chi connectivity index (χ0) is 23.9. The Morgan fingerprint density at radius 2 is 2.00 bits per heavy atom. The average Bonchev–Trinajstić information content (AvgIpc) is 3.10. The number of hydrogen-bond donors (Lipinski definition) is 3. The molecule has 0 saturated carbocycles. The van der Waals surface area contributed by atoms with Gasteiger partial charge in [-0.3, -0.25) is 9.36 Å². The van der Waals surface area contributed by atoms with Gasteiger partial charge in [-0.05, 0) is 47.4 Å². The van der Waals surface area contributed by atoms with Crippen molar-refractivity contribution in [3.63, 3.8) is 0 Å². The number of fused-ring (bicyclic) bond motifs is 1. The molecular formula is C26H28N6O2. The van der Waals surface area contributed by atoms with Crippen LogP contribution in [0.4, 0.5) is 11.8 Å². The summed E-state index contributed by atoms with van der Waals surface area (Å²) in [5.74, 6) is 6.45. The molecule has 5 N–H and O–H groups in total. The van der Waals surface area contributed by atoms with E-state index in [-0.39, 0.29) is 34.3 Å². The maximum atomic E-state index is 13.0. The van der Waals surface area contributed by atoms with Crippen LogP contribution in [0.5, 0.6) is 5.88 Å². The van der Waals surface area contributed by atoms with Gasteiger partial charge in [-0.1, -0.05) is 36.1 Å². The maximum Gasteiger partial charge on any atom is 0.272 e. The molecule has 1 spiro atoms. The first kappa shape index (κ1) is 22.0. The lowest BCUT2D eigenvalue weighted by molar-refractivity contribution is 0.186. The Labute approximate surface area is 198 Å². The molecule has 5 rings (SSSR count). The highest BCUT2D eigenvalue weighted by atomic mass is 16.3. The van der Waals surface area contributed by atoms with Gasteiger partial charge in [0.1, 0.15) is 11.4 Å². The van der Waals surface area contributed by atoms with Gasteiger partial charge in [0, 0.05) is 44.9 Å². The van der Waals surface area contributed by atoms with Crippen molar-refractivity contribution in [1.29, 1.82) is 0 Å².